The van der Waals surface area contributed by atoms with Crippen LogP contribution in [0.3, 0.4) is 0 Å². The van der Waals surface area contributed by atoms with Crippen molar-refractivity contribution >= 4 is 23.3 Å². The third kappa shape index (κ3) is 4.79. The van der Waals surface area contributed by atoms with Gasteiger partial charge in [0.05, 0.1) is 5.02 Å². The van der Waals surface area contributed by atoms with Gasteiger partial charge in [-0.15, -0.1) is 0 Å². The number of hydrogen-bond acceptors (Lipinski definition) is 2. The number of aromatic nitrogens is 1. The molecule has 1 N–H and O–H groups in total. The lowest BCUT2D eigenvalue weighted by atomic mass is 9.92. The van der Waals surface area contributed by atoms with E-state index in [0.717, 1.165) is 0 Å². The van der Waals surface area contributed by atoms with Crippen LogP contribution in [0.4, 0.5) is 5.82 Å². The maximum Gasteiger partial charge on any atom is 0.226 e. The fourth-order valence-electron chi connectivity index (χ4n) is 1.12. The minimum absolute atomic E-state index is 0.0174. The largest absolute Gasteiger partial charge is 0.311 e. The molecule has 1 aromatic rings. The molecule has 0 aliphatic carbocycles. The number of nitrogens with one attached hydrogen (secondary N) is 1. The summed E-state index contributed by atoms with van der Waals surface area (Å²) in [6.07, 6.45) is 1.98. The van der Waals surface area contributed by atoms with Crippen molar-refractivity contribution in [2.75, 3.05) is 5.32 Å². The second-order valence-corrected chi connectivity index (χ2v) is 5.08. The average Bonchev–Trinajstić information content (AvgIpc) is 2.05. The Kier molecular flexibility index (Phi) is 3.69. The molecule has 1 amide bonds. The van der Waals surface area contributed by atoms with Crippen LogP contribution in [0.2, 0.25) is 5.02 Å². The van der Waals surface area contributed by atoms with E-state index >= 15 is 0 Å². The molecule has 3 nitrogen and oxygen atoms in total. The molecule has 0 unspecified atom stereocenters. The number of carbonyl (C=O) groups excluding carboxylic acids is 1. The van der Waals surface area contributed by atoms with Crippen molar-refractivity contribution in [1.82, 2.24) is 4.98 Å². The van der Waals surface area contributed by atoms with Crippen LogP contribution in [0.5, 0.6) is 0 Å². The smallest absolute Gasteiger partial charge is 0.226 e. The summed E-state index contributed by atoms with van der Waals surface area (Å²) in [7, 11) is 0. The molecule has 4 heteroatoms. The standard InChI is InChI=1S/C11H15ClN2O/c1-11(2,3)6-10(15)14-9-5-4-8(12)7-13-9/h4-5,7H,6H2,1-3H3,(H,13,14,15). The lowest BCUT2D eigenvalue weighted by Gasteiger charge is -2.16. The maximum atomic E-state index is 11.5. The first-order valence-corrected chi connectivity index (χ1v) is 5.16. The molecule has 0 spiro atoms. The van der Waals surface area contributed by atoms with E-state index in [2.05, 4.69) is 10.3 Å². The summed E-state index contributed by atoms with van der Waals surface area (Å²) >= 11 is 5.68. The number of anilines is 1. The molecule has 1 aromatic heterocycles. The Morgan fingerprint density at radius 1 is 1.47 bits per heavy atom. The number of nitrogens with zero attached hydrogens (tertiary/aromatic N) is 1. The van der Waals surface area contributed by atoms with Crippen molar-refractivity contribution in [3.63, 3.8) is 0 Å². The van der Waals surface area contributed by atoms with Gasteiger partial charge in [-0.2, -0.15) is 0 Å². The summed E-state index contributed by atoms with van der Waals surface area (Å²) in [5.74, 6) is 0.506. The number of amides is 1. The zero-order chi connectivity index (χ0) is 11.5. The van der Waals surface area contributed by atoms with Crippen molar-refractivity contribution in [3.8, 4) is 0 Å². The van der Waals surface area contributed by atoms with Crippen LogP contribution in [0.1, 0.15) is 27.2 Å². The number of pyridine rings is 1. The van der Waals surface area contributed by atoms with Gasteiger partial charge in [-0.1, -0.05) is 32.4 Å². The first-order chi connectivity index (χ1) is 6.87. The Labute approximate surface area is 94.9 Å². The Hall–Kier alpha value is -1.09. The third-order valence-corrected chi connectivity index (χ3v) is 1.91. The Morgan fingerprint density at radius 3 is 2.60 bits per heavy atom. The summed E-state index contributed by atoms with van der Waals surface area (Å²) in [6, 6.07) is 3.38. The van der Waals surface area contributed by atoms with Crippen molar-refractivity contribution in [3.05, 3.63) is 23.4 Å². The van der Waals surface area contributed by atoms with Gasteiger partial charge in [0.25, 0.3) is 0 Å². The second kappa shape index (κ2) is 4.62. The number of halogens is 1. The van der Waals surface area contributed by atoms with Crippen molar-refractivity contribution in [1.29, 1.82) is 0 Å². The molecule has 0 aromatic carbocycles. The predicted molar refractivity (Wildman–Crippen MR) is 61.9 cm³/mol. The summed E-state index contributed by atoms with van der Waals surface area (Å²) in [4.78, 5) is 15.5. The Balaban J connectivity index is 2.55. The van der Waals surface area contributed by atoms with Gasteiger partial charge in [0, 0.05) is 12.6 Å². The molecular formula is C11H15ClN2O. The first kappa shape index (κ1) is 12.0. The van der Waals surface area contributed by atoms with E-state index in [1.807, 2.05) is 20.8 Å². The van der Waals surface area contributed by atoms with Gasteiger partial charge in [0.1, 0.15) is 5.82 Å². The number of carbonyl (C=O) groups is 1. The normalized spacial score (nSPS) is 11.2. The maximum absolute atomic E-state index is 11.5. The highest BCUT2D eigenvalue weighted by molar-refractivity contribution is 6.30. The van der Waals surface area contributed by atoms with E-state index in [-0.39, 0.29) is 11.3 Å². The lowest BCUT2D eigenvalue weighted by Crippen LogP contribution is -2.20. The summed E-state index contributed by atoms with van der Waals surface area (Å²) in [5.41, 5.74) is -0.0174. The van der Waals surface area contributed by atoms with Crippen LogP contribution in [-0.4, -0.2) is 10.9 Å². The van der Waals surface area contributed by atoms with Gasteiger partial charge >= 0.3 is 0 Å². The van der Waals surface area contributed by atoms with Crippen LogP contribution in [0.25, 0.3) is 0 Å². The van der Waals surface area contributed by atoms with Crippen LogP contribution in [0.15, 0.2) is 18.3 Å². The van der Waals surface area contributed by atoms with Gasteiger partial charge in [0.2, 0.25) is 5.91 Å². The molecular weight excluding hydrogens is 212 g/mol. The van der Waals surface area contributed by atoms with Crippen LogP contribution in [-0.2, 0) is 4.79 Å². The van der Waals surface area contributed by atoms with Gasteiger partial charge in [-0.3, -0.25) is 4.79 Å². The first-order valence-electron chi connectivity index (χ1n) is 4.78. The molecule has 0 saturated carbocycles. The molecule has 0 fully saturated rings. The van der Waals surface area contributed by atoms with Crippen LogP contribution < -0.4 is 5.32 Å². The van der Waals surface area contributed by atoms with Crippen LogP contribution in [0, 0.1) is 5.41 Å². The molecule has 15 heavy (non-hydrogen) atoms. The van der Waals surface area contributed by atoms with Gasteiger partial charge in [-0.25, -0.2) is 4.98 Å². The van der Waals surface area contributed by atoms with Crippen molar-refractivity contribution < 1.29 is 4.79 Å². The molecule has 1 heterocycles. The molecule has 0 aliphatic heterocycles. The highest BCUT2D eigenvalue weighted by Crippen LogP contribution is 2.19. The minimum Gasteiger partial charge on any atom is -0.311 e. The minimum atomic E-state index is -0.0303. The summed E-state index contributed by atoms with van der Waals surface area (Å²) in [5, 5.41) is 3.28. The highest BCUT2D eigenvalue weighted by Gasteiger charge is 2.15. The molecule has 0 radical (unpaired) electrons. The molecule has 82 valence electrons. The van der Waals surface area contributed by atoms with E-state index in [9.17, 15) is 4.79 Å². The molecule has 0 saturated heterocycles. The Bertz CT molecular complexity index is 341. The topological polar surface area (TPSA) is 42.0 Å². The van der Waals surface area contributed by atoms with Gasteiger partial charge in [0.15, 0.2) is 0 Å². The fourth-order valence-corrected chi connectivity index (χ4v) is 1.23. The van der Waals surface area contributed by atoms with Crippen molar-refractivity contribution in [2.45, 2.75) is 27.2 Å². The van der Waals surface area contributed by atoms with E-state index < -0.39 is 0 Å². The summed E-state index contributed by atoms with van der Waals surface area (Å²) < 4.78 is 0. The predicted octanol–water partition coefficient (Wildman–Crippen LogP) is 3.11. The molecule has 1 rings (SSSR count). The quantitative estimate of drug-likeness (QED) is 0.842. The zero-order valence-corrected chi connectivity index (χ0v) is 9.93. The molecule has 0 bridgehead atoms. The third-order valence-electron chi connectivity index (χ3n) is 1.69. The van der Waals surface area contributed by atoms with Crippen LogP contribution >= 0.6 is 11.6 Å². The number of hydrogen-bond donors (Lipinski definition) is 1. The monoisotopic (exact) mass is 226 g/mol. The lowest BCUT2D eigenvalue weighted by molar-refractivity contribution is -0.117. The van der Waals surface area contributed by atoms with E-state index in [1.165, 1.54) is 6.20 Å². The zero-order valence-electron chi connectivity index (χ0n) is 9.17. The fraction of sp³-hybridized carbons (Fsp3) is 0.455. The molecule has 0 aliphatic rings. The van der Waals surface area contributed by atoms with Gasteiger partial charge in [-0.05, 0) is 17.5 Å². The highest BCUT2D eigenvalue weighted by atomic mass is 35.5. The van der Waals surface area contributed by atoms with Gasteiger partial charge < -0.3 is 5.32 Å². The molecule has 0 atom stereocenters. The van der Waals surface area contributed by atoms with E-state index in [4.69, 9.17) is 11.6 Å². The SMILES string of the molecule is CC(C)(C)CC(=O)Nc1ccc(Cl)cn1. The van der Waals surface area contributed by atoms with E-state index in [1.54, 1.807) is 12.1 Å². The second-order valence-electron chi connectivity index (χ2n) is 4.65. The van der Waals surface area contributed by atoms with Crippen molar-refractivity contribution in [2.24, 2.45) is 5.41 Å². The average molecular weight is 227 g/mol. The van der Waals surface area contributed by atoms with E-state index in [0.29, 0.717) is 17.3 Å². The Morgan fingerprint density at radius 2 is 2.13 bits per heavy atom. The number of rotatable bonds is 2. The summed E-state index contributed by atoms with van der Waals surface area (Å²) in [6.45, 7) is 6.05.